The second kappa shape index (κ2) is 5.68. The van der Waals surface area contributed by atoms with Crippen LogP contribution in [0.25, 0.3) is 0 Å². The third-order valence-electron chi connectivity index (χ3n) is 2.23. The van der Waals surface area contributed by atoms with Crippen LogP contribution in [0.4, 0.5) is 0 Å². The van der Waals surface area contributed by atoms with Crippen LogP contribution >= 0.6 is 15.9 Å². The van der Waals surface area contributed by atoms with Gasteiger partial charge in [0.05, 0.1) is 17.2 Å². The van der Waals surface area contributed by atoms with E-state index < -0.39 is 5.91 Å². The minimum Gasteiger partial charge on any atom is -0.484 e. The van der Waals surface area contributed by atoms with Gasteiger partial charge in [0.2, 0.25) is 0 Å². The molecule has 2 rings (SSSR count). The third kappa shape index (κ3) is 3.59. The number of amides is 1. The van der Waals surface area contributed by atoms with E-state index in [1.54, 1.807) is 16.9 Å². The van der Waals surface area contributed by atoms with Gasteiger partial charge in [-0.1, -0.05) is 12.1 Å². The molecule has 0 saturated heterocycles. The molecular formula is C12H12BrN3O2. The number of hydrogen-bond donors (Lipinski definition) is 1. The molecule has 0 spiro atoms. The van der Waals surface area contributed by atoms with E-state index in [0.29, 0.717) is 12.3 Å². The summed E-state index contributed by atoms with van der Waals surface area (Å²) in [5.41, 5.74) is 6.06. The summed E-state index contributed by atoms with van der Waals surface area (Å²) in [4.78, 5) is 10.6. The Bertz CT molecular complexity index is 554. The van der Waals surface area contributed by atoms with Crippen molar-refractivity contribution in [3.8, 4) is 5.75 Å². The maximum atomic E-state index is 10.6. The van der Waals surface area contributed by atoms with Crippen LogP contribution in [0.15, 0.2) is 41.1 Å². The third-order valence-corrected chi connectivity index (χ3v) is 2.64. The van der Waals surface area contributed by atoms with E-state index in [1.165, 1.54) is 0 Å². The second-order valence-corrected chi connectivity index (χ2v) is 4.67. The van der Waals surface area contributed by atoms with Gasteiger partial charge in [0.25, 0.3) is 5.91 Å². The van der Waals surface area contributed by atoms with Gasteiger partial charge < -0.3 is 10.5 Å². The van der Waals surface area contributed by atoms with Gasteiger partial charge in [-0.2, -0.15) is 5.10 Å². The van der Waals surface area contributed by atoms with Crippen molar-refractivity contribution in [2.75, 3.05) is 6.61 Å². The first kappa shape index (κ1) is 12.6. The van der Waals surface area contributed by atoms with Crippen LogP contribution in [0, 0.1) is 0 Å². The standard InChI is InChI=1S/C12H12BrN3O2/c13-10-5-15-16(7-10)6-9-2-1-3-11(4-9)18-8-12(14)17/h1-5,7H,6,8H2,(H2,14,17). The molecule has 6 heteroatoms. The van der Waals surface area contributed by atoms with Crippen molar-refractivity contribution >= 4 is 21.8 Å². The molecule has 0 saturated carbocycles. The number of halogens is 1. The van der Waals surface area contributed by atoms with Gasteiger partial charge in [0.15, 0.2) is 6.61 Å². The number of hydrogen-bond acceptors (Lipinski definition) is 3. The first-order chi connectivity index (χ1) is 8.63. The van der Waals surface area contributed by atoms with Crippen molar-refractivity contribution in [2.24, 2.45) is 5.73 Å². The summed E-state index contributed by atoms with van der Waals surface area (Å²) >= 11 is 3.34. The van der Waals surface area contributed by atoms with E-state index in [4.69, 9.17) is 10.5 Å². The van der Waals surface area contributed by atoms with Gasteiger partial charge in [-0.15, -0.1) is 0 Å². The number of nitrogens with zero attached hydrogens (tertiary/aromatic N) is 2. The van der Waals surface area contributed by atoms with Gasteiger partial charge in [-0.3, -0.25) is 9.48 Å². The topological polar surface area (TPSA) is 70.1 Å². The molecule has 1 aromatic carbocycles. The van der Waals surface area contributed by atoms with Crippen molar-refractivity contribution in [2.45, 2.75) is 6.54 Å². The fraction of sp³-hybridized carbons (Fsp3) is 0.167. The van der Waals surface area contributed by atoms with Crippen LogP contribution in [-0.2, 0) is 11.3 Å². The maximum absolute atomic E-state index is 10.6. The Morgan fingerprint density at radius 1 is 1.50 bits per heavy atom. The molecule has 0 aliphatic heterocycles. The number of ether oxygens (including phenoxy) is 1. The molecule has 94 valence electrons. The van der Waals surface area contributed by atoms with Crippen LogP contribution in [0.3, 0.4) is 0 Å². The minimum absolute atomic E-state index is 0.114. The van der Waals surface area contributed by atoms with Crippen LogP contribution in [0.1, 0.15) is 5.56 Å². The minimum atomic E-state index is -0.489. The Balaban J connectivity index is 2.05. The number of rotatable bonds is 5. The lowest BCUT2D eigenvalue weighted by Gasteiger charge is -2.06. The Kier molecular flexibility index (Phi) is 3.99. The lowest BCUT2D eigenvalue weighted by molar-refractivity contribution is -0.119. The van der Waals surface area contributed by atoms with E-state index in [0.717, 1.165) is 10.0 Å². The fourth-order valence-electron chi connectivity index (χ4n) is 1.50. The molecule has 0 unspecified atom stereocenters. The van der Waals surface area contributed by atoms with Crippen molar-refractivity contribution in [1.82, 2.24) is 9.78 Å². The quantitative estimate of drug-likeness (QED) is 0.911. The molecule has 18 heavy (non-hydrogen) atoms. The Morgan fingerprint density at radius 2 is 2.33 bits per heavy atom. The van der Waals surface area contributed by atoms with Crippen LogP contribution < -0.4 is 10.5 Å². The zero-order valence-corrected chi connectivity index (χ0v) is 11.1. The molecule has 1 aromatic heterocycles. The summed E-state index contributed by atoms with van der Waals surface area (Å²) < 4.78 is 7.97. The van der Waals surface area contributed by atoms with E-state index in [9.17, 15) is 4.79 Å². The highest BCUT2D eigenvalue weighted by Gasteiger charge is 2.01. The second-order valence-electron chi connectivity index (χ2n) is 3.76. The lowest BCUT2D eigenvalue weighted by atomic mass is 10.2. The molecule has 0 atom stereocenters. The van der Waals surface area contributed by atoms with Gasteiger partial charge >= 0.3 is 0 Å². The highest BCUT2D eigenvalue weighted by molar-refractivity contribution is 9.10. The normalized spacial score (nSPS) is 10.3. The van der Waals surface area contributed by atoms with Crippen LogP contribution in [0.5, 0.6) is 5.75 Å². The summed E-state index contributed by atoms with van der Waals surface area (Å²) in [6, 6.07) is 7.47. The average molecular weight is 310 g/mol. The molecule has 5 nitrogen and oxygen atoms in total. The van der Waals surface area contributed by atoms with Crippen molar-refractivity contribution in [1.29, 1.82) is 0 Å². The number of carbonyl (C=O) groups is 1. The number of carbonyl (C=O) groups excluding carboxylic acids is 1. The highest BCUT2D eigenvalue weighted by Crippen LogP contribution is 2.15. The zero-order chi connectivity index (χ0) is 13.0. The van der Waals surface area contributed by atoms with E-state index in [2.05, 4.69) is 21.0 Å². The first-order valence-corrected chi connectivity index (χ1v) is 6.11. The molecule has 0 bridgehead atoms. The average Bonchev–Trinajstić information content (AvgIpc) is 2.73. The predicted octanol–water partition coefficient (Wildman–Crippen LogP) is 1.56. The van der Waals surface area contributed by atoms with Crippen molar-refractivity contribution in [3.63, 3.8) is 0 Å². The smallest absolute Gasteiger partial charge is 0.255 e. The molecular weight excluding hydrogens is 298 g/mol. The summed E-state index contributed by atoms with van der Waals surface area (Å²) in [5, 5.41) is 4.17. The molecule has 1 amide bonds. The van der Waals surface area contributed by atoms with Gasteiger partial charge in [0, 0.05) is 6.20 Å². The number of benzene rings is 1. The van der Waals surface area contributed by atoms with Gasteiger partial charge in [-0.05, 0) is 33.6 Å². The Hall–Kier alpha value is -1.82. The molecule has 0 fully saturated rings. The Labute approximate surface area is 113 Å². The summed E-state index contributed by atoms with van der Waals surface area (Å²) in [5.74, 6) is 0.133. The summed E-state index contributed by atoms with van der Waals surface area (Å²) in [6.45, 7) is 0.524. The molecule has 0 aliphatic rings. The highest BCUT2D eigenvalue weighted by atomic mass is 79.9. The van der Waals surface area contributed by atoms with Crippen LogP contribution in [0.2, 0.25) is 0 Å². The van der Waals surface area contributed by atoms with E-state index in [-0.39, 0.29) is 6.61 Å². The van der Waals surface area contributed by atoms with E-state index in [1.807, 2.05) is 24.4 Å². The number of primary amides is 1. The lowest BCUT2D eigenvalue weighted by Crippen LogP contribution is -2.20. The SMILES string of the molecule is NC(=O)COc1cccc(Cn2cc(Br)cn2)c1. The molecule has 2 aromatic rings. The molecule has 1 heterocycles. The zero-order valence-electron chi connectivity index (χ0n) is 9.54. The first-order valence-electron chi connectivity index (χ1n) is 5.31. The van der Waals surface area contributed by atoms with Crippen molar-refractivity contribution < 1.29 is 9.53 Å². The molecule has 0 radical (unpaired) electrons. The van der Waals surface area contributed by atoms with Gasteiger partial charge in [-0.25, -0.2) is 0 Å². The number of aromatic nitrogens is 2. The van der Waals surface area contributed by atoms with E-state index >= 15 is 0 Å². The molecule has 2 N–H and O–H groups in total. The fourth-order valence-corrected chi connectivity index (χ4v) is 1.83. The largest absolute Gasteiger partial charge is 0.484 e. The molecule has 0 aliphatic carbocycles. The predicted molar refractivity (Wildman–Crippen MR) is 70.2 cm³/mol. The summed E-state index contributed by atoms with van der Waals surface area (Å²) in [7, 11) is 0. The monoisotopic (exact) mass is 309 g/mol. The van der Waals surface area contributed by atoms with Gasteiger partial charge in [0.1, 0.15) is 5.75 Å². The van der Waals surface area contributed by atoms with Crippen molar-refractivity contribution in [3.05, 3.63) is 46.7 Å². The number of nitrogens with two attached hydrogens (primary N) is 1. The maximum Gasteiger partial charge on any atom is 0.255 e. The summed E-state index contributed by atoms with van der Waals surface area (Å²) in [6.07, 6.45) is 3.62. The Morgan fingerprint density at radius 3 is 3.00 bits per heavy atom. The van der Waals surface area contributed by atoms with Crippen LogP contribution in [-0.4, -0.2) is 22.3 Å².